The summed E-state index contributed by atoms with van der Waals surface area (Å²) in [6.07, 6.45) is 1.04. The molecule has 0 saturated heterocycles. The number of benzene rings is 1. The number of nitrogens with two attached hydrogens (primary N) is 1. The standard InChI is InChI=1S/C10H12ClNO/c1-13-10-6(7-5-9(7)12)3-2-4-8(10)11/h2-4,7,9H,5,12H2,1H3. The molecule has 70 valence electrons. The second-order valence-corrected chi connectivity index (χ2v) is 3.78. The van der Waals surface area contributed by atoms with Gasteiger partial charge in [-0.2, -0.15) is 0 Å². The van der Waals surface area contributed by atoms with Gasteiger partial charge in [0.1, 0.15) is 5.75 Å². The molecule has 2 N–H and O–H groups in total. The first-order valence-electron chi connectivity index (χ1n) is 4.32. The van der Waals surface area contributed by atoms with E-state index < -0.39 is 0 Å². The van der Waals surface area contributed by atoms with Gasteiger partial charge in [0.15, 0.2) is 0 Å². The number of ether oxygens (including phenoxy) is 1. The van der Waals surface area contributed by atoms with Gasteiger partial charge in [-0.1, -0.05) is 23.7 Å². The zero-order valence-corrected chi connectivity index (χ0v) is 8.21. The summed E-state index contributed by atoms with van der Waals surface area (Å²) in [6.45, 7) is 0. The molecule has 2 atom stereocenters. The Kier molecular flexibility index (Phi) is 2.18. The van der Waals surface area contributed by atoms with Crippen molar-refractivity contribution >= 4 is 11.6 Å². The van der Waals surface area contributed by atoms with Crippen molar-refractivity contribution in [2.45, 2.75) is 18.4 Å². The summed E-state index contributed by atoms with van der Waals surface area (Å²) in [6, 6.07) is 6.08. The van der Waals surface area contributed by atoms with E-state index in [0.29, 0.717) is 10.9 Å². The molecule has 1 aliphatic rings. The molecule has 2 unspecified atom stereocenters. The van der Waals surface area contributed by atoms with Gasteiger partial charge in [-0.25, -0.2) is 0 Å². The normalized spacial score (nSPS) is 25.8. The highest BCUT2D eigenvalue weighted by atomic mass is 35.5. The van der Waals surface area contributed by atoms with Crippen molar-refractivity contribution in [1.29, 1.82) is 0 Å². The lowest BCUT2D eigenvalue weighted by atomic mass is 10.1. The SMILES string of the molecule is COc1c(Cl)cccc1C1CC1N. The maximum Gasteiger partial charge on any atom is 0.140 e. The van der Waals surface area contributed by atoms with Gasteiger partial charge in [0, 0.05) is 17.5 Å². The first kappa shape index (κ1) is 8.85. The molecule has 0 radical (unpaired) electrons. The number of halogens is 1. The van der Waals surface area contributed by atoms with E-state index in [1.54, 1.807) is 7.11 Å². The van der Waals surface area contributed by atoms with E-state index in [1.807, 2.05) is 18.2 Å². The van der Waals surface area contributed by atoms with Gasteiger partial charge >= 0.3 is 0 Å². The molecule has 1 fully saturated rings. The van der Waals surface area contributed by atoms with E-state index >= 15 is 0 Å². The molecular formula is C10H12ClNO. The Hall–Kier alpha value is -0.730. The Morgan fingerprint density at radius 2 is 2.23 bits per heavy atom. The number of hydrogen-bond donors (Lipinski definition) is 1. The topological polar surface area (TPSA) is 35.2 Å². The largest absolute Gasteiger partial charge is 0.495 e. The van der Waals surface area contributed by atoms with Gasteiger partial charge in [-0.15, -0.1) is 0 Å². The number of methoxy groups -OCH3 is 1. The summed E-state index contributed by atoms with van der Waals surface area (Å²) in [7, 11) is 1.64. The van der Waals surface area contributed by atoms with Crippen LogP contribution in [0.3, 0.4) is 0 Å². The molecule has 0 aliphatic heterocycles. The molecule has 0 amide bonds. The quantitative estimate of drug-likeness (QED) is 0.789. The van der Waals surface area contributed by atoms with Crippen LogP contribution in [0.1, 0.15) is 17.9 Å². The Morgan fingerprint density at radius 3 is 2.77 bits per heavy atom. The molecule has 1 aromatic carbocycles. The predicted octanol–water partition coefficient (Wildman–Crippen LogP) is 2.16. The van der Waals surface area contributed by atoms with Crippen molar-refractivity contribution in [1.82, 2.24) is 0 Å². The molecule has 3 heteroatoms. The Bertz CT molecular complexity index is 327. The van der Waals surface area contributed by atoms with Crippen LogP contribution in [0.15, 0.2) is 18.2 Å². The van der Waals surface area contributed by atoms with Crippen LogP contribution in [0.25, 0.3) is 0 Å². The lowest BCUT2D eigenvalue weighted by molar-refractivity contribution is 0.410. The molecule has 1 saturated carbocycles. The summed E-state index contributed by atoms with van der Waals surface area (Å²) >= 11 is 5.98. The number of rotatable bonds is 2. The Balaban J connectivity index is 2.38. The van der Waals surface area contributed by atoms with E-state index in [4.69, 9.17) is 22.1 Å². The average Bonchev–Trinajstić information content (AvgIpc) is 2.82. The molecule has 2 nitrogen and oxygen atoms in total. The van der Waals surface area contributed by atoms with Crippen molar-refractivity contribution < 1.29 is 4.74 Å². The molecule has 2 rings (SSSR count). The first-order valence-corrected chi connectivity index (χ1v) is 4.70. The second-order valence-electron chi connectivity index (χ2n) is 3.37. The van der Waals surface area contributed by atoms with E-state index in [0.717, 1.165) is 17.7 Å². The lowest BCUT2D eigenvalue weighted by Crippen LogP contribution is -2.02. The van der Waals surface area contributed by atoms with E-state index in [1.165, 1.54) is 0 Å². The highest BCUT2D eigenvalue weighted by Gasteiger charge is 2.37. The molecule has 0 aromatic heterocycles. The summed E-state index contributed by atoms with van der Waals surface area (Å²) in [5.74, 6) is 1.22. The van der Waals surface area contributed by atoms with E-state index in [-0.39, 0.29) is 6.04 Å². The maximum absolute atomic E-state index is 5.98. The minimum atomic E-state index is 0.285. The summed E-state index contributed by atoms with van der Waals surface area (Å²) < 4.78 is 5.24. The van der Waals surface area contributed by atoms with Gasteiger partial charge in [0.2, 0.25) is 0 Å². The fourth-order valence-electron chi connectivity index (χ4n) is 1.61. The molecule has 0 heterocycles. The van der Waals surface area contributed by atoms with Gasteiger partial charge in [0.05, 0.1) is 12.1 Å². The lowest BCUT2D eigenvalue weighted by Gasteiger charge is -2.08. The van der Waals surface area contributed by atoms with Crippen LogP contribution in [0.4, 0.5) is 0 Å². The van der Waals surface area contributed by atoms with E-state index in [9.17, 15) is 0 Å². The third kappa shape index (κ3) is 1.52. The highest BCUT2D eigenvalue weighted by Crippen LogP contribution is 2.45. The predicted molar refractivity (Wildman–Crippen MR) is 53.3 cm³/mol. The second kappa shape index (κ2) is 3.20. The summed E-state index contributed by atoms with van der Waals surface area (Å²) in [5, 5.41) is 0.666. The smallest absolute Gasteiger partial charge is 0.140 e. The van der Waals surface area contributed by atoms with Gasteiger partial charge in [0.25, 0.3) is 0 Å². The Labute approximate surface area is 82.6 Å². The molecule has 0 spiro atoms. The molecule has 1 aromatic rings. The van der Waals surface area contributed by atoms with Crippen molar-refractivity contribution in [3.8, 4) is 5.75 Å². The van der Waals surface area contributed by atoms with Crippen molar-refractivity contribution in [3.05, 3.63) is 28.8 Å². The average molecular weight is 198 g/mol. The monoisotopic (exact) mass is 197 g/mol. The van der Waals surface area contributed by atoms with Crippen LogP contribution in [0.5, 0.6) is 5.75 Å². The van der Waals surface area contributed by atoms with Crippen LogP contribution in [-0.4, -0.2) is 13.2 Å². The molecule has 0 bridgehead atoms. The van der Waals surface area contributed by atoms with Crippen molar-refractivity contribution in [2.75, 3.05) is 7.11 Å². The van der Waals surface area contributed by atoms with Crippen LogP contribution in [-0.2, 0) is 0 Å². The van der Waals surface area contributed by atoms with Gasteiger partial charge in [-0.05, 0) is 12.5 Å². The number of hydrogen-bond acceptors (Lipinski definition) is 2. The van der Waals surface area contributed by atoms with Gasteiger partial charge in [-0.3, -0.25) is 0 Å². The number of para-hydroxylation sites is 1. The third-order valence-electron chi connectivity index (χ3n) is 2.44. The molecule has 13 heavy (non-hydrogen) atoms. The van der Waals surface area contributed by atoms with Gasteiger partial charge < -0.3 is 10.5 Å². The zero-order valence-electron chi connectivity index (χ0n) is 7.46. The van der Waals surface area contributed by atoms with Crippen LogP contribution < -0.4 is 10.5 Å². The Morgan fingerprint density at radius 1 is 1.54 bits per heavy atom. The third-order valence-corrected chi connectivity index (χ3v) is 2.74. The summed E-state index contributed by atoms with van der Waals surface area (Å²) in [5.41, 5.74) is 6.91. The van der Waals surface area contributed by atoms with Crippen LogP contribution in [0, 0.1) is 0 Å². The minimum absolute atomic E-state index is 0.285. The van der Waals surface area contributed by atoms with Crippen LogP contribution >= 0.6 is 11.6 Å². The molecule has 1 aliphatic carbocycles. The van der Waals surface area contributed by atoms with Crippen molar-refractivity contribution in [3.63, 3.8) is 0 Å². The highest BCUT2D eigenvalue weighted by molar-refractivity contribution is 6.32. The fourth-order valence-corrected chi connectivity index (χ4v) is 1.86. The zero-order chi connectivity index (χ0) is 9.42. The van der Waals surface area contributed by atoms with E-state index in [2.05, 4.69) is 0 Å². The minimum Gasteiger partial charge on any atom is -0.495 e. The fraction of sp³-hybridized carbons (Fsp3) is 0.400. The van der Waals surface area contributed by atoms with Crippen LogP contribution in [0.2, 0.25) is 5.02 Å². The van der Waals surface area contributed by atoms with Crippen molar-refractivity contribution in [2.24, 2.45) is 5.73 Å². The first-order chi connectivity index (χ1) is 6.24. The summed E-state index contributed by atoms with van der Waals surface area (Å²) in [4.78, 5) is 0. The molecular weight excluding hydrogens is 186 g/mol. The maximum atomic E-state index is 5.98.